The molecule has 0 bridgehead atoms. The molecule has 0 radical (unpaired) electrons. The number of rotatable bonds is 5. The minimum absolute atomic E-state index is 0.0189. The molecular weight excluding hydrogens is 266 g/mol. The molecule has 5 heteroatoms. The Labute approximate surface area is 125 Å². The van der Waals surface area contributed by atoms with Gasteiger partial charge in [-0.1, -0.05) is 12.1 Å². The molecule has 0 aliphatic heterocycles. The van der Waals surface area contributed by atoms with Gasteiger partial charge in [-0.05, 0) is 43.9 Å². The zero-order valence-electron chi connectivity index (χ0n) is 12.6. The van der Waals surface area contributed by atoms with Crippen LogP contribution in [-0.2, 0) is 9.59 Å². The van der Waals surface area contributed by atoms with Crippen molar-refractivity contribution in [1.29, 1.82) is 0 Å². The van der Waals surface area contributed by atoms with E-state index in [2.05, 4.69) is 10.6 Å². The minimum atomic E-state index is -0.304. The zero-order valence-corrected chi connectivity index (χ0v) is 12.6. The zero-order chi connectivity index (χ0) is 15.5. The first kappa shape index (κ1) is 15.5. The molecule has 1 saturated carbocycles. The van der Waals surface area contributed by atoms with Gasteiger partial charge in [-0.25, -0.2) is 0 Å². The fourth-order valence-corrected chi connectivity index (χ4v) is 2.59. The predicted molar refractivity (Wildman–Crippen MR) is 82.7 cm³/mol. The Kier molecular flexibility index (Phi) is 4.63. The van der Waals surface area contributed by atoms with E-state index in [0.29, 0.717) is 6.42 Å². The molecule has 0 saturated heterocycles. The molecule has 4 N–H and O–H groups in total. The molecule has 114 valence electrons. The fourth-order valence-electron chi connectivity index (χ4n) is 2.59. The Balaban J connectivity index is 1.94. The average Bonchev–Trinajstić information content (AvgIpc) is 2.36. The summed E-state index contributed by atoms with van der Waals surface area (Å²) in [5.41, 5.74) is 7.47. The number of nitrogens with two attached hydrogens (primary N) is 1. The van der Waals surface area contributed by atoms with E-state index in [-0.39, 0.29) is 23.4 Å². The summed E-state index contributed by atoms with van der Waals surface area (Å²) in [4.78, 5) is 23.1. The molecular formula is C16H23N3O2. The number of hydrogen-bond donors (Lipinski definition) is 3. The van der Waals surface area contributed by atoms with Gasteiger partial charge in [-0.3, -0.25) is 9.59 Å². The van der Waals surface area contributed by atoms with E-state index in [1.54, 1.807) is 0 Å². The summed E-state index contributed by atoms with van der Waals surface area (Å²) in [6, 6.07) is 7.36. The number of anilines is 1. The summed E-state index contributed by atoms with van der Waals surface area (Å²) < 4.78 is 0. The summed E-state index contributed by atoms with van der Waals surface area (Å²) in [5, 5.41) is 5.71. The average molecular weight is 289 g/mol. The highest BCUT2D eigenvalue weighted by Crippen LogP contribution is 2.32. The van der Waals surface area contributed by atoms with Crippen molar-refractivity contribution in [3.63, 3.8) is 0 Å². The van der Waals surface area contributed by atoms with E-state index < -0.39 is 0 Å². The van der Waals surface area contributed by atoms with Gasteiger partial charge >= 0.3 is 0 Å². The predicted octanol–water partition coefficient (Wildman–Crippen LogP) is 2.09. The van der Waals surface area contributed by atoms with Gasteiger partial charge in [-0.15, -0.1) is 0 Å². The van der Waals surface area contributed by atoms with E-state index in [4.69, 9.17) is 5.73 Å². The summed E-state index contributed by atoms with van der Waals surface area (Å²) in [7, 11) is 0. The summed E-state index contributed by atoms with van der Waals surface area (Å²) in [6.07, 6.45) is 3.33. The van der Waals surface area contributed by atoms with Crippen LogP contribution in [0.15, 0.2) is 24.3 Å². The van der Waals surface area contributed by atoms with Crippen LogP contribution in [0, 0.1) is 0 Å². The third kappa shape index (κ3) is 4.29. The van der Waals surface area contributed by atoms with E-state index in [9.17, 15) is 9.59 Å². The van der Waals surface area contributed by atoms with Crippen molar-refractivity contribution in [2.45, 2.75) is 51.1 Å². The molecule has 1 unspecified atom stereocenters. The van der Waals surface area contributed by atoms with Crippen molar-refractivity contribution in [3.8, 4) is 0 Å². The van der Waals surface area contributed by atoms with Gasteiger partial charge < -0.3 is 16.4 Å². The van der Waals surface area contributed by atoms with Crippen molar-refractivity contribution in [2.24, 2.45) is 5.73 Å². The second-order valence-corrected chi connectivity index (χ2v) is 5.99. The Morgan fingerprint density at radius 2 is 2.10 bits per heavy atom. The van der Waals surface area contributed by atoms with Gasteiger partial charge in [0.1, 0.15) is 0 Å². The van der Waals surface area contributed by atoms with Crippen molar-refractivity contribution >= 4 is 17.5 Å². The van der Waals surface area contributed by atoms with Crippen LogP contribution in [0.5, 0.6) is 0 Å². The first-order valence-electron chi connectivity index (χ1n) is 7.34. The molecule has 1 aliphatic carbocycles. The summed E-state index contributed by atoms with van der Waals surface area (Å²) in [6.45, 7) is 3.39. The molecule has 5 nitrogen and oxygen atoms in total. The number of nitrogens with one attached hydrogen (secondary N) is 2. The number of hydrogen-bond acceptors (Lipinski definition) is 3. The SMILES string of the molecule is CC(=O)Nc1cccc(C(C)NC(=O)CC2(N)CCC2)c1. The molecule has 1 aromatic rings. The lowest BCUT2D eigenvalue weighted by molar-refractivity contribution is -0.123. The Morgan fingerprint density at radius 1 is 1.38 bits per heavy atom. The molecule has 1 aliphatic rings. The first-order chi connectivity index (χ1) is 9.88. The van der Waals surface area contributed by atoms with Crippen LogP contribution in [0.2, 0.25) is 0 Å². The highest BCUT2D eigenvalue weighted by Gasteiger charge is 2.34. The van der Waals surface area contributed by atoms with Crippen LogP contribution in [-0.4, -0.2) is 17.4 Å². The number of carbonyl (C=O) groups is 2. The van der Waals surface area contributed by atoms with Gasteiger partial charge in [0.05, 0.1) is 6.04 Å². The van der Waals surface area contributed by atoms with Gasteiger partial charge in [0.25, 0.3) is 0 Å². The van der Waals surface area contributed by atoms with Gasteiger partial charge in [0, 0.05) is 24.6 Å². The second-order valence-electron chi connectivity index (χ2n) is 5.99. The lowest BCUT2D eigenvalue weighted by Crippen LogP contribution is -2.50. The topological polar surface area (TPSA) is 84.2 Å². The van der Waals surface area contributed by atoms with Gasteiger partial charge in [-0.2, -0.15) is 0 Å². The Morgan fingerprint density at radius 3 is 2.67 bits per heavy atom. The van der Waals surface area contributed by atoms with Crippen molar-refractivity contribution in [1.82, 2.24) is 5.32 Å². The maximum atomic E-state index is 12.0. The standard InChI is InChI=1S/C16H23N3O2/c1-11(18-15(21)10-16(17)7-4-8-16)13-5-3-6-14(9-13)19-12(2)20/h3,5-6,9,11H,4,7-8,10,17H2,1-2H3,(H,18,21)(H,19,20). The van der Waals surface area contributed by atoms with Crippen molar-refractivity contribution < 1.29 is 9.59 Å². The van der Waals surface area contributed by atoms with E-state index >= 15 is 0 Å². The Hall–Kier alpha value is -1.88. The van der Waals surface area contributed by atoms with Crippen LogP contribution in [0.3, 0.4) is 0 Å². The summed E-state index contributed by atoms with van der Waals surface area (Å²) in [5.74, 6) is -0.131. The largest absolute Gasteiger partial charge is 0.350 e. The number of carbonyl (C=O) groups excluding carboxylic acids is 2. The third-order valence-electron chi connectivity index (χ3n) is 3.95. The normalized spacial score (nSPS) is 17.5. The van der Waals surface area contributed by atoms with Crippen molar-refractivity contribution in [3.05, 3.63) is 29.8 Å². The Bertz CT molecular complexity index is 538. The maximum absolute atomic E-state index is 12.0. The van der Waals surface area contributed by atoms with Crippen molar-refractivity contribution in [2.75, 3.05) is 5.32 Å². The smallest absolute Gasteiger partial charge is 0.222 e. The van der Waals surface area contributed by atoms with E-state index in [0.717, 1.165) is 30.5 Å². The van der Waals surface area contributed by atoms with E-state index in [1.807, 2.05) is 31.2 Å². The number of amides is 2. The van der Waals surface area contributed by atoms with Crippen LogP contribution in [0.25, 0.3) is 0 Å². The van der Waals surface area contributed by atoms with Crippen LogP contribution in [0.4, 0.5) is 5.69 Å². The molecule has 1 fully saturated rings. The molecule has 2 rings (SSSR count). The highest BCUT2D eigenvalue weighted by atomic mass is 16.2. The van der Waals surface area contributed by atoms with E-state index in [1.165, 1.54) is 6.92 Å². The molecule has 0 heterocycles. The highest BCUT2D eigenvalue weighted by molar-refractivity contribution is 5.88. The summed E-state index contributed by atoms with van der Waals surface area (Å²) >= 11 is 0. The molecule has 2 amide bonds. The maximum Gasteiger partial charge on any atom is 0.222 e. The fraction of sp³-hybridized carbons (Fsp3) is 0.500. The molecule has 1 atom stereocenters. The van der Waals surface area contributed by atoms with Crippen LogP contribution in [0.1, 0.15) is 51.1 Å². The molecule has 21 heavy (non-hydrogen) atoms. The lowest BCUT2D eigenvalue weighted by Gasteiger charge is -2.37. The van der Waals surface area contributed by atoms with Gasteiger partial charge in [0.15, 0.2) is 0 Å². The monoisotopic (exact) mass is 289 g/mol. The minimum Gasteiger partial charge on any atom is -0.350 e. The molecule has 0 spiro atoms. The number of benzene rings is 1. The lowest BCUT2D eigenvalue weighted by atomic mass is 9.75. The van der Waals surface area contributed by atoms with Crippen LogP contribution >= 0.6 is 0 Å². The first-order valence-corrected chi connectivity index (χ1v) is 7.34. The molecule has 0 aromatic heterocycles. The quantitative estimate of drug-likeness (QED) is 0.776. The third-order valence-corrected chi connectivity index (χ3v) is 3.95. The van der Waals surface area contributed by atoms with Crippen LogP contribution < -0.4 is 16.4 Å². The second kappa shape index (κ2) is 6.26. The molecule has 1 aromatic carbocycles. The van der Waals surface area contributed by atoms with Gasteiger partial charge in [0.2, 0.25) is 11.8 Å².